The van der Waals surface area contributed by atoms with Crippen molar-refractivity contribution in [1.29, 1.82) is 0 Å². The summed E-state index contributed by atoms with van der Waals surface area (Å²) < 4.78 is 11.1. The van der Waals surface area contributed by atoms with E-state index >= 15 is 0 Å². The van der Waals surface area contributed by atoms with Crippen LogP contribution in [0.4, 0.5) is 5.00 Å². The summed E-state index contributed by atoms with van der Waals surface area (Å²) in [5, 5.41) is 4.34. The average Bonchev–Trinajstić information content (AvgIpc) is 3.34. The summed E-state index contributed by atoms with van der Waals surface area (Å²) in [7, 11) is 0. The number of thiophene rings is 1. The molecule has 1 amide bonds. The SMILES string of the molecule is CCOC(=O)c1c(NC(=O)c2cc(-c3ccc(C)o3)nc3ccccc23)sc2c1CCCCC2. The predicted octanol–water partition coefficient (Wildman–Crippen LogP) is 6.56. The second kappa shape index (κ2) is 9.43. The Kier molecular flexibility index (Phi) is 6.20. The molecule has 3 aromatic heterocycles. The molecule has 1 aromatic carbocycles. The van der Waals surface area contributed by atoms with E-state index in [9.17, 15) is 9.59 Å². The van der Waals surface area contributed by atoms with Gasteiger partial charge in [-0.3, -0.25) is 4.79 Å². The zero-order chi connectivity index (χ0) is 23.7. The lowest BCUT2D eigenvalue weighted by Crippen LogP contribution is -2.16. The quantitative estimate of drug-likeness (QED) is 0.262. The Bertz CT molecular complexity index is 1380. The Morgan fingerprint density at radius 2 is 1.94 bits per heavy atom. The van der Waals surface area contributed by atoms with Gasteiger partial charge >= 0.3 is 5.97 Å². The van der Waals surface area contributed by atoms with Crippen LogP contribution >= 0.6 is 11.3 Å². The van der Waals surface area contributed by atoms with Crippen molar-refractivity contribution in [3.63, 3.8) is 0 Å². The third-order valence-corrected chi connectivity index (χ3v) is 7.29. The highest BCUT2D eigenvalue weighted by Crippen LogP contribution is 2.38. The first-order valence-electron chi connectivity index (χ1n) is 11.6. The van der Waals surface area contributed by atoms with Crippen LogP contribution < -0.4 is 5.32 Å². The van der Waals surface area contributed by atoms with E-state index in [0.717, 1.165) is 48.8 Å². The first kappa shape index (κ1) is 22.3. The van der Waals surface area contributed by atoms with Gasteiger partial charge in [-0.05, 0) is 69.4 Å². The highest BCUT2D eigenvalue weighted by molar-refractivity contribution is 7.17. The smallest absolute Gasteiger partial charge is 0.341 e. The number of nitrogens with one attached hydrogen (secondary N) is 1. The number of amides is 1. The molecule has 174 valence electrons. The molecule has 0 fully saturated rings. The summed E-state index contributed by atoms with van der Waals surface area (Å²) in [6, 6.07) is 13.0. The summed E-state index contributed by atoms with van der Waals surface area (Å²) in [5.74, 6) is 0.719. The van der Waals surface area contributed by atoms with E-state index in [1.165, 1.54) is 16.2 Å². The topological polar surface area (TPSA) is 81.4 Å². The van der Waals surface area contributed by atoms with Crippen LogP contribution in [0.5, 0.6) is 0 Å². The largest absolute Gasteiger partial charge is 0.462 e. The number of aryl methyl sites for hydroxylation is 2. The Morgan fingerprint density at radius 3 is 2.74 bits per heavy atom. The number of pyridine rings is 1. The zero-order valence-electron chi connectivity index (χ0n) is 19.3. The summed E-state index contributed by atoms with van der Waals surface area (Å²) in [5.41, 5.74) is 3.31. The highest BCUT2D eigenvalue weighted by atomic mass is 32.1. The Hall–Kier alpha value is -3.45. The molecular formula is C27H26N2O4S. The first-order valence-corrected chi connectivity index (χ1v) is 12.5. The normalized spacial score (nSPS) is 13.4. The van der Waals surface area contributed by atoms with Crippen LogP contribution in [0.1, 0.15) is 63.1 Å². The number of benzene rings is 1. The second-order valence-electron chi connectivity index (χ2n) is 8.43. The van der Waals surface area contributed by atoms with E-state index in [1.54, 1.807) is 13.0 Å². The fraction of sp³-hybridized carbons (Fsp3) is 0.296. The van der Waals surface area contributed by atoms with Gasteiger partial charge in [-0.25, -0.2) is 9.78 Å². The van der Waals surface area contributed by atoms with E-state index in [2.05, 4.69) is 5.32 Å². The number of carbonyl (C=O) groups excluding carboxylic acids is 2. The van der Waals surface area contributed by atoms with Gasteiger partial charge in [-0.1, -0.05) is 24.6 Å². The van der Waals surface area contributed by atoms with E-state index in [4.69, 9.17) is 14.1 Å². The number of hydrogen-bond donors (Lipinski definition) is 1. The number of nitrogens with zero attached hydrogens (tertiary/aromatic N) is 1. The predicted molar refractivity (Wildman–Crippen MR) is 134 cm³/mol. The molecular weight excluding hydrogens is 448 g/mol. The van der Waals surface area contributed by atoms with Gasteiger partial charge in [0.2, 0.25) is 0 Å². The lowest BCUT2D eigenvalue weighted by Gasteiger charge is -2.11. The number of carbonyl (C=O) groups is 2. The third kappa shape index (κ3) is 4.23. The van der Waals surface area contributed by atoms with Gasteiger partial charge in [0.1, 0.15) is 16.5 Å². The standard InChI is InChI=1S/C27H26N2O4S/c1-3-32-27(31)24-18-10-5-4-6-12-23(18)34-26(24)29-25(30)19-15-21(22-14-13-16(2)33-22)28-20-11-8-7-9-17(19)20/h7-9,11,13-15H,3-6,10,12H2,1-2H3,(H,29,30). The number of rotatable bonds is 5. The molecule has 0 unspecified atom stereocenters. The third-order valence-electron chi connectivity index (χ3n) is 6.08. The number of furan rings is 1. The van der Waals surface area contributed by atoms with Gasteiger partial charge in [-0.15, -0.1) is 11.3 Å². The molecule has 4 aromatic rings. The monoisotopic (exact) mass is 474 g/mol. The molecule has 0 aliphatic heterocycles. The van der Waals surface area contributed by atoms with Crippen LogP contribution in [0.25, 0.3) is 22.4 Å². The van der Waals surface area contributed by atoms with Crippen molar-refractivity contribution in [3.8, 4) is 11.5 Å². The molecule has 5 rings (SSSR count). The van der Waals surface area contributed by atoms with E-state index < -0.39 is 0 Å². The molecule has 0 spiro atoms. The molecule has 6 nitrogen and oxygen atoms in total. The van der Waals surface area contributed by atoms with Gasteiger partial charge in [-0.2, -0.15) is 0 Å². The van der Waals surface area contributed by atoms with Gasteiger partial charge in [0.25, 0.3) is 5.91 Å². The van der Waals surface area contributed by atoms with Crippen LogP contribution in [0.2, 0.25) is 0 Å². The molecule has 1 aliphatic carbocycles. The number of anilines is 1. The molecule has 0 saturated heterocycles. The van der Waals surface area contributed by atoms with Crippen molar-refractivity contribution < 1.29 is 18.7 Å². The van der Waals surface area contributed by atoms with E-state index in [0.29, 0.717) is 33.1 Å². The molecule has 0 radical (unpaired) electrons. The van der Waals surface area contributed by atoms with Crippen LogP contribution in [-0.4, -0.2) is 23.5 Å². The zero-order valence-corrected chi connectivity index (χ0v) is 20.1. The van der Waals surface area contributed by atoms with Gasteiger partial charge in [0, 0.05) is 10.3 Å². The number of fused-ring (bicyclic) bond motifs is 2. The molecule has 0 atom stereocenters. The van der Waals surface area contributed by atoms with Crippen molar-refractivity contribution in [3.05, 3.63) is 69.8 Å². The van der Waals surface area contributed by atoms with Crippen LogP contribution in [-0.2, 0) is 17.6 Å². The lowest BCUT2D eigenvalue weighted by molar-refractivity contribution is 0.0527. The minimum Gasteiger partial charge on any atom is -0.462 e. The Morgan fingerprint density at radius 1 is 1.12 bits per heavy atom. The minimum atomic E-state index is -0.372. The number of aromatic nitrogens is 1. The van der Waals surface area contributed by atoms with E-state index in [1.807, 2.05) is 43.3 Å². The Labute approximate surface area is 202 Å². The summed E-state index contributed by atoms with van der Waals surface area (Å²) >= 11 is 1.49. The number of ether oxygens (including phenoxy) is 1. The van der Waals surface area contributed by atoms with Gasteiger partial charge in [0.05, 0.1) is 23.3 Å². The first-order chi connectivity index (χ1) is 16.5. The minimum absolute atomic E-state index is 0.287. The van der Waals surface area contributed by atoms with Crippen molar-refractivity contribution in [2.45, 2.75) is 46.0 Å². The molecule has 1 N–H and O–H groups in total. The fourth-order valence-electron chi connectivity index (χ4n) is 4.48. The second-order valence-corrected chi connectivity index (χ2v) is 9.53. The van der Waals surface area contributed by atoms with Crippen molar-refractivity contribution >= 4 is 39.1 Å². The maximum Gasteiger partial charge on any atom is 0.341 e. The number of hydrogen-bond acceptors (Lipinski definition) is 6. The molecule has 34 heavy (non-hydrogen) atoms. The molecule has 0 bridgehead atoms. The molecule has 1 aliphatic rings. The van der Waals surface area contributed by atoms with E-state index in [-0.39, 0.29) is 18.5 Å². The maximum absolute atomic E-state index is 13.6. The summed E-state index contributed by atoms with van der Waals surface area (Å²) in [4.78, 5) is 32.4. The highest BCUT2D eigenvalue weighted by Gasteiger charge is 2.27. The molecule has 7 heteroatoms. The van der Waals surface area contributed by atoms with Crippen LogP contribution in [0.15, 0.2) is 46.9 Å². The lowest BCUT2D eigenvalue weighted by atomic mass is 10.0. The van der Waals surface area contributed by atoms with Crippen molar-refractivity contribution in [2.75, 3.05) is 11.9 Å². The molecule has 0 saturated carbocycles. The van der Waals surface area contributed by atoms with Crippen LogP contribution in [0, 0.1) is 6.92 Å². The maximum atomic E-state index is 13.6. The van der Waals surface area contributed by atoms with Crippen molar-refractivity contribution in [2.24, 2.45) is 0 Å². The van der Waals surface area contributed by atoms with Gasteiger partial charge in [0.15, 0.2) is 5.76 Å². The number of esters is 1. The molecule has 3 heterocycles. The van der Waals surface area contributed by atoms with Crippen molar-refractivity contribution in [1.82, 2.24) is 4.98 Å². The van der Waals surface area contributed by atoms with Crippen LogP contribution in [0.3, 0.4) is 0 Å². The fourth-order valence-corrected chi connectivity index (χ4v) is 5.75. The summed E-state index contributed by atoms with van der Waals surface area (Å²) in [6.45, 7) is 3.95. The summed E-state index contributed by atoms with van der Waals surface area (Å²) in [6.07, 6.45) is 5.01. The van der Waals surface area contributed by atoms with Gasteiger partial charge < -0.3 is 14.5 Å². The Balaban J connectivity index is 1.57. The average molecular weight is 475 g/mol. The number of para-hydroxylation sites is 1.